The predicted molar refractivity (Wildman–Crippen MR) is 102 cm³/mol. The predicted octanol–water partition coefficient (Wildman–Crippen LogP) is 4.55. The summed E-state index contributed by atoms with van der Waals surface area (Å²) in [5.74, 6) is 0.555. The van der Waals surface area contributed by atoms with Gasteiger partial charge in [0.2, 0.25) is 11.1 Å². The number of aryl methyl sites for hydroxylation is 1. The molecular weight excluding hydrogens is 356 g/mol. The Bertz CT molecular complexity index is 879. The fourth-order valence-corrected chi connectivity index (χ4v) is 3.06. The summed E-state index contributed by atoms with van der Waals surface area (Å²) in [5.41, 5.74) is 2.77. The van der Waals surface area contributed by atoms with Crippen LogP contribution in [0.15, 0.2) is 53.7 Å². The molecule has 2 N–H and O–H groups in total. The lowest BCUT2D eigenvalue weighted by Gasteiger charge is -2.10. The summed E-state index contributed by atoms with van der Waals surface area (Å²) in [5, 5.41) is 10.8. The third-order valence-corrected chi connectivity index (χ3v) is 4.73. The van der Waals surface area contributed by atoms with Crippen molar-refractivity contribution in [1.29, 1.82) is 0 Å². The highest BCUT2D eigenvalue weighted by Gasteiger charge is 2.17. The molecule has 7 heteroatoms. The molecule has 1 heterocycles. The van der Waals surface area contributed by atoms with Crippen LogP contribution in [-0.4, -0.2) is 26.3 Å². The van der Waals surface area contributed by atoms with Crippen LogP contribution in [0.3, 0.4) is 0 Å². The highest BCUT2D eigenvalue weighted by Crippen LogP contribution is 2.24. The van der Waals surface area contributed by atoms with Crippen LogP contribution in [0.5, 0.6) is 0 Å². The van der Waals surface area contributed by atoms with Crippen LogP contribution in [-0.2, 0) is 4.79 Å². The van der Waals surface area contributed by atoms with E-state index in [4.69, 9.17) is 11.6 Å². The second kappa shape index (κ2) is 7.72. The molecule has 0 saturated heterocycles. The van der Waals surface area contributed by atoms with Crippen molar-refractivity contribution < 1.29 is 4.79 Å². The van der Waals surface area contributed by atoms with Crippen molar-refractivity contribution in [3.8, 4) is 11.4 Å². The minimum Gasteiger partial charge on any atom is -0.325 e. The number of nitrogens with zero attached hydrogens (tertiary/aromatic N) is 2. The Morgan fingerprint density at radius 2 is 2.00 bits per heavy atom. The first-order valence-corrected chi connectivity index (χ1v) is 8.99. The standard InChI is InChI=1S/C18H17ClN4OS/c1-11-4-3-5-15(10-11)20-17(24)12(2)25-18-21-16(22-23-18)13-6-8-14(19)9-7-13/h3-10,12H,1-2H3,(H,20,24)(H,21,22,23)/t12-/m0/s1. The molecule has 3 aromatic rings. The van der Waals surface area contributed by atoms with E-state index in [9.17, 15) is 4.79 Å². The van der Waals surface area contributed by atoms with Crippen molar-refractivity contribution in [2.75, 3.05) is 5.32 Å². The summed E-state index contributed by atoms with van der Waals surface area (Å²) in [6.07, 6.45) is 0. The second-order valence-electron chi connectivity index (χ2n) is 5.59. The van der Waals surface area contributed by atoms with Gasteiger partial charge in [-0.2, -0.15) is 0 Å². The van der Waals surface area contributed by atoms with E-state index in [-0.39, 0.29) is 11.2 Å². The van der Waals surface area contributed by atoms with Crippen molar-refractivity contribution in [2.24, 2.45) is 0 Å². The molecule has 0 spiro atoms. The number of aromatic nitrogens is 3. The summed E-state index contributed by atoms with van der Waals surface area (Å²) in [7, 11) is 0. The number of benzene rings is 2. The van der Waals surface area contributed by atoms with E-state index in [1.54, 1.807) is 12.1 Å². The average molecular weight is 373 g/mol. The Morgan fingerprint density at radius 1 is 1.24 bits per heavy atom. The molecule has 0 radical (unpaired) electrons. The number of amides is 1. The zero-order valence-electron chi connectivity index (χ0n) is 13.8. The number of hydrogen-bond acceptors (Lipinski definition) is 4. The molecule has 2 aromatic carbocycles. The number of rotatable bonds is 5. The number of anilines is 1. The third-order valence-electron chi connectivity index (χ3n) is 3.52. The molecule has 1 amide bonds. The number of hydrogen-bond donors (Lipinski definition) is 2. The molecule has 0 aliphatic rings. The molecule has 1 aromatic heterocycles. The van der Waals surface area contributed by atoms with Gasteiger partial charge in [-0.1, -0.05) is 35.5 Å². The van der Waals surface area contributed by atoms with E-state index >= 15 is 0 Å². The van der Waals surface area contributed by atoms with Gasteiger partial charge in [0.25, 0.3) is 0 Å². The van der Waals surface area contributed by atoms with Gasteiger partial charge in [-0.3, -0.25) is 9.89 Å². The molecule has 0 bridgehead atoms. The Hall–Kier alpha value is -2.31. The van der Waals surface area contributed by atoms with E-state index in [1.807, 2.05) is 50.2 Å². The van der Waals surface area contributed by atoms with Crippen molar-refractivity contribution in [3.05, 3.63) is 59.1 Å². The van der Waals surface area contributed by atoms with Gasteiger partial charge in [0.1, 0.15) is 0 Å². The van der Waals surface area contributed by atoms with Crippen molar-refractivity contribution in [3.63, 3.8) is 0 Å². The molecule has 3 rings (SSSR count). The van der Waals surface area contributed by atoms with Gasteiger partial charge in [0, 0.05) is 16.3 Å². The zero-order chi connectivity index (χ0) is 17.8. The SMILES string of the molecule is Cc1cccc(NC(=O)[C@H](C)Sc2n[nH]c(-c3ccc(Cl)cc3)n2)c1. The lowest BCUT2D eigenvalue weighted by atomic mass is 10.2. The monoisotopic (exact) mass is 372 g/mol. The number of carbonyl (C=O) groups is 1. The summed E-state index contributed by atoms with van der Waals surface area (Å²) < 4.78 is 0. The first-order chi connectivity index (χ1) is 12.0. The largest absolute Gasteiger partial charge is 0.325 e. The average Bonchev–Trinajstić information content (AvgIpc) is 3.04. The van der Waals surface area contributed by atoms with Crippen LogP contribution in [0.25, 0.3) is 11.4 Å². The van der Waals surface area contributed by atoms with Crippen molar-refractivity contribution in [2.45, 2.75) is 24.3 Å². The molecule has 0 unspecified atom stereocenters. The first kappa shape index (κ1) is 17.5. The molecule has 25 heavy (non-hydrogen) atoms. The van der Waals surface area contributed by atoms with E-state index in [2.05, 4.69) is 20.5 Å². The highest BCUT2D eigenvalue weighted by atomic mass is 35.5. The highest BCUT2D eigenvalue weighted by molar-refractivity contribution is 8.00. The van der Waals surface area contributed by atoms with Gasteiger partial charge >= 0.3 is 0 Å². The van der Waals surface area contributed by atoms with E-state index in [0.717, 1.165) is 16.8 Å². The topological polar surface area (TPSA) is 70.7 Å². The number of H-pyrrole nitrogens is 1. The van der Waals surface area contributed by atoms with Crippen LogP contribution in [0.2, 0.25) is 5.02 Å². The zero-order valence-corrected chi connectivity index (χ0v) is 15.4. The minimum atomic E-state index is -0.325. The van der Waals surface area contributed by atoms with Gasteiger partial charge in [-0.15, -0.1) is 5.10 Å². The van der Waals surface area contributed by atoms with Crippen LogP contribution >= 0.6 is 23.4 Å². The Kier molecular flexibility index (Phi) is 5.40. The Morgan fingerprint density at radius 3 is 2.72 bits per heavy atom. The Balaban J connectivity index is 1.63. The van der Waals surface area contributed by atoms with Crippen LogP contribution in [0.1, 0.15) is 12.5 Å². The smallest absolute Gasteiger partial charge is 0.237 e. The van der Waals surface area contributed by atoms with E-state index in [0.29, 0.717) is 16.0 Å². The van der Waals surface area contributed by atoms with Crippen molar-refractivity contribution in [1.82, 2.24) is 15.2 Å². The summed E-state index contributed by atoms with van der Waals surface area (Å²) in [6.45, 7) is 3.81. The normalized spacial score (nSPS) is 12.0. The number of thioether (sulfide) groups is 1. The van der Waals surface area contributed by atoms with Gasteiger partial charge < -0.3 is 5.32 Å². The molecule has 5 nitrogen and oxygen atoms in total. The number of nitrogens with one attached hydrogen (secondary N) is 2. The van der Waals surface area contributed by atoms with Gasteiger partial charge in [-0.25, -0.2) is 4.98 Å². The summed E-state index contributed by atoms with van der Waals surface area (Å²) >= 11 is 7.19. The van der Waals surface area contributed by atoms with Crippen molar-refractivity contribution >= 4 is 35.0 Å². The lowest BCUT2D eigenvalue weighted by molar-refractivity contribution is -0.115. The maximum Gasteiger partial charge on any atom is 0.237 e. The van der Waals surface area contributed by atoms with E-state index in [1.165, 1.54) is 11.8 Å². The fourth-order valence-electron chi connectivity index (χ4n) is 2.21. The van der Waals surface area contributed by atoms with E-state index < -0.39 is 0 Å². The van der Waals surface area contributed by atoms with Gasteiger partial charge in [0.05, 0.1) is 5.25 Å². The molecule has 0 saturated carbocycles. The quantitative estimate of drug-likeness (QED) is 0.644. The minimum absolute atomic E-state index is 0.0894. The molecule has 128 valence electrons. The van der Waals surface area contributed by atoms with Gasteiger partial charge in [0.15, 0.2) is 5.82 Å². The molecule has 0 aliphatic carbocycles. The second-order valence-corrected chi connectivity index (χ2v) is 7.34. The van der Waals surface area contributed by atoms with Gasteiger partial charge in [-0.05, 0) is 55.8 Å². The Labute approximate surface area is 155 Å². The maximum absolute atomic E-state index is 12.3. The molecular formula is C18H17ClN4OS. The molecule has 0 aliphatic heterocycles. The number of aromatic amines is 1. The first-order valence-electron chi connectivity index (χ1n) is 7.74. The van der Waals surface area contributed by atoms with Crippen LogP contribution in [0.4, 0.5) is 5.69 Å². The third kappa shape index (κ3) is 4.61. The fraction of sp³-hybridized carbons (Fsp3) is 0.167. The molecule has 1 atom stereocenters. The number of halogens is 1. The molecule has 0 fully saturated rings. The number of carbonyl (C=O) groups excluding carboxylic acids is 1. The summed E-state index contributed by atoms with van der Waals surface area (Å²) in [6, 6.07) is 15.0. The van der Waals surface area contributed by atoms with Crippen LogP contribution in [0, 0.1) is 6.92 Å². The summed E-state index contributed by atoms with van der Waals surface area (Å²) in [4.78, 5) is 16.8. The maximum atomic E-state index is 12.3. The lowest BCUT2D eigenvalue weighted by Crippen LogP contribution is -2.22. The van der Waals surface area contributed by atoms with Crippen LogP contribution < -0.4 is 5.32 Å².